The smallest absolute Gasteiger partial charge is 0.243 e. The molecule has 2 aromatic carbocycles. The van der Waals surface area contributed by atoms with Gasteiger partial charge in [0.15, 0.2) is 0 Å². The van der Waals surface area contributed by atoms with E-state index in [1.807, 2.05) is 58.0 Å². The summed E-state index contributed by atoms with van der Waals surface area (Å²) in [7, 11) is 0. The molecule has 0 bridgehead atoms. The third kappa shape index (κ3) is 6.66. The van der Waals surface area contributed by atoms with E-state index in [9.17, 15) is 9.59 Å². The lowest BCUT2D eigenvalue weighted by molar-refractivity contribution is -0.123. The number of carbonyl (C=O) groups excluding carboxylic acids is 2. The average Bonchev–Trinajstić information content (AvgIpc) is 2.61. The van der Waals surface area contributed by atoms with Gasteiger partial charge in [0.25, 0.3) is 0 Å². The van der Waals surface area contributed by atoms with Gasteiger partial charge < -0.3 is 20.7 Å². The van der Waals surface area contributed by atoms with E-state index in [0.29, 0.717) is 18.0 Å². The van der Waals surface area contributed by atoms with Crippen molar-refractivity contribution in [3.05, 3.63) is 48.5 Å². The van der Waals surface area contributed by atoms with E-state index in [0.717, 1.165) is 11.4 Å². The molecule has 0 aromatic heterocycles. The third-order valence-corrected chi connectivity index (χ3v) is 3.70. The maximum absolute atomic E-state index is 12.1. The number of rotatable bonds is 7. The van der Waals surface area contributed by atoms with E-state index in [2.05, 4.69) is 16.0 Å². The minimum absolute atomic E-state index is 0.0621. The van der Waals surface area contributed by atoms with Crippen LogP contribution in [-0.2, 0) is 9.59 Å². The Bertz CT molecular complexity index is 780. The topological polar surface area (TPSA) is 79.5 Å². The van der Waals surface area contributed by atoms with Crippen molar-refractivity contribution in [2.45, 2.75) is 27.7 Å². The Morgan fingerprint density at radius 1 is 0.926 bits per heavy atom. The van der Waals surface area contributed by atoms with Gasteiger partial charge in [-0.2, -0.15) is 0 Å². The first kappa shape index (κ1) is 20.3. The molecule has 0 atom stereocenters. The summed E-state index contributed by atoms with van der Waals surface area (Å²) in [5.74, 6) is 0.541. The van der Waals surface area contributed by atoms with Gasteiger partial charge in [0.2, 0.25) is 11.8 Å². The first-order valence-corrected chi connectivity index (χ1v) is 8.96. The van der Waals surface area contributed by atoms with E-state index in [1.54, 1.807) is 18.2 Å². The number of anilines is 3. The summed E-state index contributed by atoms with van der Waals surface area (Å²) >= 11 is 0. The van der Waals surface area contributed by atoms with Crippen molar-refractivity contribution >= 4 is 28.9 Å². The summed E-state index contributed by atoms with van der Waals surface area (Å²) < 4.78 is 5.38. The number of benzene rings is 2. The molecule has 0 aliphatic carbocycles. The average molecular weight is 369 g/mol. The van der Waals surface area contributed by atoms with Crippen LogP contribution < -0.4 is 20.7 Å². The molecule has 0 heterocycles. The zero-order valence-corrected chi connectivity index (χ0v) is 16.3. The normalized spacial score (nSPS) is 10.8. The Balaban J connectivity index is 1.87. The lowest BCUT2D eigenvalue weighted by Gasteiger charge is -2.18. The van der Waals surface area contributed by atoms with Gasteiger partial charge in [-0.05, 0) is 49.4 Å². The van der Waals surface area contributed by atoms with Gasteiger partial charge in [0.1, 0.15) is 5.75 Å². The van der Waals surface area contributed by atoms with Crippen LogP contribution in [0.15, 0.2) is 48.5 Å². The Hall–Kier alpha value is -3.02. The van der Waals surface area contributed by atoms with Crippen LogP contribution in [0.1, 0.15) is 27.7 Å². The maximum Gasteiger partial charge on any atom is 0.243 e. The molecule has 0 radical (unpaired) electrons. The molecule has 0 saturated carbocycles. The molecule has 0 saturated heterocycles. The molecule has 0 unspecified atom stereocenters. The largest absolute Gasteiger partial charge is 0.494 e. The van der Waals surface area contributed by atoms with Crippen LogP contribution in [0, 0.1) is 5.41 Å². The van der Waals surface area contributed by atoms with Crippen LogP contribution in [0.4, 0.5) is 17.1 Å². The Labute approximate surface area is 160 Å². The van der Waals surface area contributed by atoms with Crippen molar-refractivity contribution in [1.82, 2.24) is 0 Å². The van der Waals surface area contributed by atoms with Crippen molar-refractivity contribution in [2.75, 3.05) is 29.1 Å². The Kier molecular flexibility index (Phi) is 6.82. The Morgan fingerprint density at radius 3 is 2.22 bits per heavy atom. The molecule has 27 heavy (non-hydrogen) atoms. The van der Waals surface area contributed by atoms with Crippen LogP contribution >= 0.6 is 0 Å². The Morgan fingerprint density at radius 2 is 1.59 bits per heavy atom. The fourth-order valence-electron chi connectivity index (χ4n) is 2.21. The van der Waals surface area contributed by atoms with Crippen LogP contribution in [0.5, 0.6) is 5.75 Å². The minimum atomic E-state index is -0.471. The zero-order valence-electron chi connectivity index (χ0n) is 16.3. The molecule has 0 aliphatic rings. The number of nitrogens with one attached hydrogen (secondary N) is 3. The van der Waals surface area contributed by atoms with Gasteiger partial charge in [-0.1, -0.05) is 26.8 Å². The second kappa shape index (κ2) is 9.07. The lowest BCUT2D eigenvalue weighted by atomic mass is 9.95. The number of ether oxygens (including phenoxy) is 1. The molecule has 2 aromatic rings. The zero-order chi connectivity index (χ0) is 19.9. The predicted octanol–water partition coefficient (Wildman–Crippen LogP) is 4.12. The van der Waals surface area contributed by atoms with Crippen molar-refractivity contribution in [2.24, 2.45) is 5.41 Å². The van der Waals surface area contributed by atoms with Crippen LogP contribution in [-0.4, -0.2) is 25.0 Å². The minimum Gasteiger partial charge on any atom is -0.494 e. The molecule has 2 rings (SSSR count). The fourth-order valence-corrected chi connectivity index (χ4v) is 2.21. The van der Waals surface area contributed by atoms with E-state index in [-0.39, 0.29) is 18.4 Å². The first-order valence-electron chi connectivity index (χ1n) is 8.96. The van der Waals surface area contributed by atoms with E-state index in [4.69, 9.17) is 4.74 Å². The summed E-state index contributed by atoms with van der Waals surface area (Å²) in [6.45, 7) is 8.21. The summed E-state index contributed by atoms with van der Waals surface area (Å²) in [5.41, 5.74) is 1.67. The van der Waals surface area contributed by atoms with Crippen molar-refractivity contribution in [3.8, 4) is 5.75 Å². The van der Waals surface area contributed by atoms with E-state index in [1.165, 1.54) is 0 Å². The maximum atomic E-state index is 12.1. The highest BCUT2D eigenvalue weighted by Crippen LogP contribution is 2.20. The van der Waals surface area contributed by atoms with E-state index < -0.39 is 5.41 Å². The number of carbonyl (C=O) groups is 2. The molecule has 2 amide bonds. The van der Waals surface area contributed by atoms with Gasteiger partial charge >= 0.3 is 0 Å². The lowest BCUT2D eigenvalue weighted by Crippen LogP contribution is -2.27. The van der Waals surface area contributed by atoms with Crippen molar-refractivity contribution in [1.29, 1.82) is 0 Å². The number of amides is 2. The monoisotopic (exact) mass is 369 g/mol. The van der Waals surface area contributed by atoms with Gasteiger partial charge in [-0.15, -0.1) is 0 Å². The van der Waals surface area contributed by atoms with Gasteiger partial charge in [-0.3, -0.25) is 9.59 Å². The van der Waals surface area contributed by atoms with Crippen molar-refractivity contribution in [3.63, 3.8) is 0 Å². The summed E-state index contributed by atoms with van der Waals surface area (Å²) in [6.07, 6.45) is 0. The van der Waals surface area contributed by atoms with E-state index >= 15 is 0 Å². The second-order valence-electron chi connectivity index (χ2n) is 7.14. The molecule has 6 heteroatoms. The van der Waals surface area contributed by atoms with Gasteiger partial charge in [-0.25, -0.2) is 0 Å². The van der Waals surface area contributed by atoms with Crippen molar-refractivity contribution < 1.29 is 14.3 Å². The third-order valence-electron chi connectivity index (χ3n) is 3.70. The molecular formula is C21H27N3O3. The van der Waals surface area contributed by atoms with Crippen LogP contribution in [0.3, 0.4) is 0 Å². The van der Waals surface area contributed by atoms with Crippen LogP contribution in [0.25, 0.3) is 0 Å². The second-order valence-corrected chi connectivity index (χ2v) is 7.14. The molecule has 6 nitrogen and oxygen atoms in total. The summed E-state index contributed by atoms with van der Waals surface area (Å²) in [5, 5.41) is 8.76. The highest BCUT2D eigenvalue weighted by atomic mass is 16.5. The molecular weight excluding hydrogens is 342 g/mol. The summed E-state index contributed by atoms with van der Waals surface area (Å²) in [4.78, 5) is 24.2. The SMILES string of the molecule is CCOc1ccc(NC(=O)CNc2cccc(NC(=O)C(C)(C)C)c2)cc1. The molecule has 0 spiro atoms. The summed E-state index contributed by atoms with van der Waals surface area (Å²) in [6, 6.07) is 14.5. The standard InChI is InChI=1S/C21H27N3O3/c1-5-27-18-11-9-15(10-12-18)23-19(25)14-22-16-7-6-8-17(13-16)24-20(26)21(2,3)4/h6-13,22H,5,14H2,1-4H3,(H,23,25)(H,24,26). The van der Waals surface area contributed by atoms with Crippen LogP contribution in [0.2, 0.25) is 0 Å². The predicted molar refractivity (Wildman–Crippen MR) is 109 cm³/mol. The fraction of sp³-hybridized carbons (Fsp3) is 0.333. The highest BCUT2D eigenvalue weighted by molar-refractivity contribution is 5.95. The molecule has 3 N–H and O–H groups in total. The number of hydrogen-bond donors (Lipinski definition) is 3. The molecule has 0 fully saturated rings. The first-order chi connectivity index (χ1) is 12.8. The van der Waals surface area contributed by atoms with Gasteiger partial charge in [0.05, 0.1) is 13.2 Å². The quantitative estimate of drug-likeness (QED) is 0.686. The molecule has 144 valence electrons. The highest BCUT2D eigenvalue weighted by Gasteiger charge is 2.21. The number of hydrogen-bond acceptors (Lipinski definition) is 4. The van der Waals surface area contributed by atoms with Gasteiger partial charge in [0, 0.05) is 22.5 Å². The molecule has 0 aliphatic heterocycles.